The van der Waals surface area contributed by atoms with E-state index in [2.05, 4.69) is 29.2 Å². The lowest BCUT2D eigenvalue weighted by Gasteiger charge is -2.10. The van der Waals surface area contributed by atoms with Gasteiger partial charge in [-0.25, -0.2) is 4.79 Å². The molecule has 0 aliphatic carbocycles. The molecule has 0 spiro atoms. The zero-order valence-corrected chi connectivity index (χ0v) is 18.1. The van der Waals surface area contributed by atoms with Gasteiger partial charge in [-0.3, -0.25) is 9.78 Å². The molecule has 5 rings (SSSR count). The van der Waals surface area contributed by atoms with Gasteiger partial charge in [0.1, 0.15) is 5.75 Å². The molecule has 168 valence electrons. The molecule has 0 saturated carbocycles. The maximum absolute atomic E-state index is 12.3. The number of aromatic nitrogens is 2. The molecule has 5 aromatic rings. The Labute approximate surface area is 195 Å². The second-order valence-electron chi connectivity index (χ2n) is 7.93. The van der Waals surface area contributed by atoms with Crippen LogP contribution in [-0.4, -0.2) is 33.1 Å². The number of hydrogen-bond acceptors (Lipinski definition) is 4. The fourth-order valence-corrected chi connectivity index (χ4v) is 4.33. The Morgan fingerprint density at radius 2 is 1.65 bits per heavy atom. The van der Waals surface area contributed by atoms with E-state index >= 15 is 0 Å². The predicted octanol–water partition coefficient (Wildman–Crippen LogP) is 4.47. The van der Waals surface area contributed by atoms with Crippen molar-refractivity contribution in [1.29, 1.82) is 0 Å². The molecular formula is C27H21N3O4. The number of pyridine rings is 1. The number of benzene rings is 3. The minimum atomic E-state index is -1.10. The fourth-order valence-electron chi connectivity index (χ4n) is 4.33. The number of carboxylic acids is 1. The van der Waals surface area contributed by atoms with Gasteiger partial charge < -0.3 is 20.1 Å². The Kier molecular flexibility index (Phi) is 5.43. The summed E-state index contributed by atoms with van der Waals surface area (Å²) in [7, 11) is 0. The molecule has 34 heavy (non-hydrogen) atoms. The van der Waals surface area contributed by atoms with Crippen LogP contribution in [0.3, 0.4) is 0 Å². The van der Waals surface area contributed by atoms with Crippen molar-refractivity contribution in [1.82, 2.24) is 9.55 Å². The molecule has 0 saturated heterocycles. The summed E-state index contributed by atoms with van der Waals surface area (Å²) < 4.78 is 7.58. The second kappa shape index (κ2) is 8.71. The van der Waals surface area contributed by atoms with Crippen LogP contribution in [-0.2, 0) is 11.3 Å². The first kappa shape index (κ1) is 21.2. The Bertz CT molecular complexity index is 1540. The summed E-state index contributed by atoms with van der Waals surface area (Å²) in [5.41, 5.74) is 10.8. The lowest BCUT2D eigenvalue weighted by molar-refractivity contribution is -0.139. The van der Waals surface area contributed by atoms with Crippen molar-refractivity contribution in [2.24, 2.45) is 5.73 Å². The fraction of sp³-hybridized carbons (Fsp3) is 0.0741. The lowest BCUT2D eigenvalue weighted by Crippen LogP contribution is -2.11. The van der Waals surface area contributed by atoms with Crippen LogP contribution < -0.4 is 10.5 Å². The monoisotopic (exact) mass is 451 g/mol. The number of fused-ring (bicyclic) bond motifs is 3. The van der Waals surface area contributed by atoms with Crippen molar-refractivity contribution in [2.45, 2.75) is 6.54 Å². The van der Waals surface area contributed by atoms with Gasteiger partial charge in [-0.2, -0.15) is 0 Å². The first-order valence-corrected chi connectivity index (χ1v) is 10.7. The second-order valence-corrected chi connectivity index (χ2v) is 7.93. The molecule has 3 aromatic carbocycles. The van der Waals surface area contributed by atoms with Gasteiger partial charge in [-0.15, -0.1) is 0 Å². The van der Waals surface area contributed by atoms with E-state index < -0.39 is 18.5 Å². The number of primary amides is 1. The van der Waals surface area contributed by atoms with E-state index in [1.807, 2.05) is 41.0 Å². The highest BCUT2D eigenvalue weighted by Crippen LogP contribution is 2.37. The molecule has 0 unspecified atom stereocenters. The van der Waals surface area contributed by atoms with Crippen molar-refractivity contribution in [3.8, 4) is 16.9 Å². The number of aliphatic carboxylic acids is 1. The van der Waals surface area contributed by atoms with Gasteiger partial charge in [0.05, 0.1) is 28.8 Å². The summed E-state index contributed by atoms with van der Waals surface area (Å²) in [6.45, 7) is -0.0156. The number of rotatable bonds is 7. The van der Waals surface area contributed by atoms with Crippen LogP contribution in [0.5, 0.6) is 5.75 Å². The average Bonchev–Trinajstić information content (AvgIpc) is 3.17. The summed E-state index contributed by atoms with van der Waals surface area (Å²) in [5, 5.41) is 10.3. The molecule has 0 bridgehead atoms. The van der Waals surface area contributed by atoms with Crippen molar-refractivity contribution in [2.75, 3.05) is 6.61 Å². The molecular weight excluding hydrogens is 430 g/mol. The Balaban J connectivity index is 1.70. The molecule has 2 heterocycles. The number of hydrogen-bond donors (Lipinski definition) is 2. The molecule has 3 N–H and O–H groups in total. The first-order valence-electron chi connectivity index (χ1n) is 10.7. The molecule has 7 nitrogen and oxygen atoms in total. The highest BCUT2D eigenvalue weighted by molar-refractivity contribution is 6.19. The minimum Gasteiger partial charge on any atom is -0.480 e. The van der Waals surface area contributed by atoms with Crippen LogP contribution >= 0.6 is 0 Å². The molecule has 0 atom stereocenters. The topological polar surface area (TPSA) is 107 Å². The Hall–Kier alpha value is -4.65. The van der Waals surface area contributed by atoms with Crippen molar-refractivity contribution in [3.63, 3.8) is 0 Å². The van der Waals surface area contributed by atoms with Crippen LogP contribution in [0.15, 0.2) is 85.2 Å². The normalized spacial score (nSPS) is 11.1. The summed E-state index contributed by atoms with van der Waals surface area (Å²) in [5.74, 6) is -1.39. The molecule has 0 fully saturated rings. The van der Waals surface area contributed by atoms with Gasteiger partial charge in [-0.1, -0.05) is 54.6 Å². The van der Waals surface area contributed by atoms with E-state index in [1.165, 1.54) is 6.20 Å². The van der Waals surface area contributed by atoms with E-state index in [9.17, 15) is 9.59 Å². The number of carbonyl (C=O) groups is 2. The lowest BCUT2D eigenvalue weighted by atomic mass is 10.0. The SMILES string of the molecule is NC(=O)c1cccc2c1c1c(OCC(=O)O)cncc1n2Cc1cccc(-c2ccccc2)c1. The van der Waals surface area contributed by atoms with Gasteiger partial charge in [0, 0.05) is 17.5 Å². The third-order valence-corrected chi connectivity index (χ3v) is 5.76. The molecule has 1 amide bonds. The van der Waals surface area contributed by atoms with Gasteiger partial charge in [0.2, 0.25) is 5.91 Å². The van der Waals surface area contributed by atoms with Crippen molar-refractivity contribution in [3.05, 3.63) is 96.3 Å². The number of nitrogens with two attached hydrogens (primary N) is 1. The predicted molar refractivity (Wildman–Crippen MR) is 130 cm³/mol. The van der Waals surface area contributed by atoms with E-state index in [-0.39, 0.29) is 5.75 Å². The maximum atomic E-state index is 12.3. The van der Waals surface area contributed by atoms with Crippen molar-refractivity contribution >= 4 is 33.7 Å². The van der Waals surface area contributed by atoms with Crippen LogP contribution in [0, 0.1) is 0 Å². The Morgan fingerprint density at radius 3 is 2.41 bits per heavy atom. The highest BCUT2D eigenvalue weighted by atomic mass is 16.5. The molecule has 7 heteroatoms. The quantitative estimate of drug-likeness (QED) is 0.380. The van der Waals surface area contributed by atoms with E-state index in [1.54, 1.807) is 18.3 Å². The van der Waals surface area contributed by atoms with Crippen molar-refractivity contribution < 1.29 is 19.4 Å². The van der Waals surface area contributed by atoms with E-state index in [0.29, 0.717) is 22.9 Å². The number of nitrogens with zero attached hydrogens (tertiary/aromatic N) is 2. The van der Waals surface area contributed by atoms with Gasteiger partial charge in [-0.05, 0) is 34.9 Å². The largest absolute Gasteiger partial charge is 0.480 e. The molecule has 0 radical (unpaired) electrons. The summed E-state index contributed by atoms with van der Waals surface area (Å²) in [6, 6.07) is 23.7. The van der Waals surface area contributed by atoms with Gasteiger partial charge >= 0.3 is 5.97 Å². The number of carboxylic acid groups (broad SMARTS) is 1. The third-order valence-electron chi connectivity index (χ3n) is 5.76. The van der Waals surface area contributed by atoms with Crippen LogP contribution in [0.1, 0.15) is 15.9 Å². The zero-order valence-electron chi connectivity index (χ0n) is 18.1. The average molecular weight is 451 g/mol. The maximum Gasteiger partial charge on any atom is 0.341 e. The zero-order chi connectivity index (χ0) is 23.7. The van der Waals surface area contributed by atoms with Crippen LogP contribution in [0.25, 0.3) is 32.9 Å². The number of carbonyl (C=O) groups excluding carboxylic acids is 1. The highest BCUT2D eigenvalue weighted by Gasteiger charge is 2.20. The summed E-state index contributed by atoms with van der Waals surface area (Å²) in [6.07, 6.45) is 3.15. The molecule has 0 aliphatic heterocycles. The van der Waals surface area contributed by atoms with E-state index in [0.717, 1.165) is 27.7 Å². The van der Waals surface area contributed by atoms with Crippen LogP contribution in [0.2, 0.25) is 0 Å². The summed E-state index contributed by atoms with van der Waals surface area (Å²) in [4.78, 5) is 27.7. The molecule has 2 aromatic heterocycles. The van der Waals surface area contributed by atoms with Gasteiger partial charge in [0.25, 0.3) is 0 Å². The minimum absolute atomic E-state index is 0.287. The number of amides is 1. The Morgan fingerprint density at radius 1 is 0.882 bits per heavy atom. The smallest absolute Gasteiger partial charge is 0.341 e. The first-order chi connectivity index (χ1) is 16.5. The number of ether oxygens (including phenoxy) is 1. The van der Waals surface area contributed by atoms with E-state index in [4.69, 9.17) is 15.6 Å². The summed E-state index contributed by atoms with van der Waals surface area (Å²) >= 11 is 0. The van der Waals surface area contributed by atoms with Gasteiger partial charge in [0.15, 0.2) is 6.61 Å². The third kappa shape index (κ3) is 3.84. The van der Waals surface area contributed by atoms with Crippen LogP contribution in [0.4, 0.5) is 0 Å². The standard InChI is InChI=1S/C27H21N3O4/c28-27(33)20-10-5-11-21-25(20)26-22(13-29-14-23(26)34-16-24(31)32)30(21)15-17-6-4-9-19(12-17)18-7-2-1-3-8-18/h1-14H,15-16H2,(H2,28,33)(H,31,32). The molecule has 0 aliphatic rings.